The molecule has 0 saturated carbocycles. The number of hydrogen-bond acceptors (Lipinski definition) is 5. The van der Waals surface area contributed by atoms with Crippen LogP contribution in [0.15, 0.2) is 53.4 Å². The smallest absolute Gasteiger partial charge is 0.319 e. The number of sulfonamides is 1. The summed E-state index contributed by atoms with van der Waals surface area (Å²) >= 11 is 12.0. The third-order valence-electron chi connectivity index (χ3n) is 6.58. The van der Waals surface area contributed by atoms with Crippen molar-refractivity contribution in [1.29, 1.82) is 0 Å². The standard InChI is InChI=1S/C26H31Cl2N5O3S/c1-3-33(37(35,36)20-8-9-22(27)23(28)17-20)19-10-13-32(14-11-19)15-12-29-26(34)31-25-16-18(2)30-24-7-5-4-6-21(24)25/h4-9,16-17,19H,3,10-15H2,1-2H3,(H2,29,30,31,34). The molecule has 2 aromatic carbocycles. The Bertz CT molecular complexity index is 1380. The molecule has 0 unspecified atom stereocenters. The lowest BCUT2D eigenvalue weighted by molar-refractivity contribution is 0.162. The molecule has 1 fully saturated rings. The molecule has 2 amide bonds. The number of aryl methyl sites for hydroxylation is 1. The van der Waals surface area contributed by atoms with Gasteiger partial charge >= 0.3 is 6.03 Å². The number of urea groups is 1. The summed E-state index contributed by atoms with van der Waals surface area (Å²) in [5, 5.41) is 7.29. The number of anilines is 1. The molecule has 37 heavy (non-hydrogen) atoms. The maximum absolute atomic E-state index is 13.3. The van der Waals surface area contributed by atoms with E-state index >= 15 is 0 Å². The Labute approximate surface area is 228 Å². The van der Waals surface area contributed by atoms with Crippen LogP contribution in [0.2, 0.25) is 10.0 Å². The van der Waals surface area contributed by atoms with Gasteiger partial charge in [0.25, 0.3) is 0 Å². The summed E-state index contributed by atoms with van der Waals surface area (Å²) in [6, 6.07) is 13.6. The molecular weight excluding hydrogens is 533 g/mol. The molecule has 2 N–H and O–H groups in total. The van der Waals surface area contributed by atoms with Crippen LogP contribution in [0.4, 0.5) is 10.5 Å². The minimum atomic E-state index is -3.68. The molecule has 4 rings (SSSR count). The molecule has 0 aliphatic carbocycles. The molecular formula is C26H31Cl2N5O3S. The fourth-order valence-electron chi connectivity index (χ4n) is 4.73. The summed E-state index contributed by atoms with van der Waals surface area (Å²) in [5.41, 5.74) is 2.39. The highest BCUT2D eigenvalue weighted by Crippen LogP contribution is 2.29. The quantitative estimate of drug-likeness (QED) is 0.395. The zero-order valence-corrected chi connectivity index (χ0v) is 23.2. The Kier molecular flexibility index (Phi) is 8.92. The first-order valence-corrected chi connectivity index (χ1v) is 14.5. The zero-order valence-electron chi connectivity index (χ0n) is 20.9. The molecule has 1 aromatic heterocycles. The number of likely N-dealkylation sites (tertiary alicyclic amines) is 1. The molecule has 2 heterocycles. The zero-order chi connectivity index (χ0) is 26.6. The number of aromatic nitrogens is 1. The van der Waals surface area contributed by atoms with E-state index in [4.69, 9.17) is 23.2 Å². The van der Waals surface area contributed by atoms with Crippen molar-refractivity contribution in [3.05, 3.63) is 64.3 Å². The van der Waals surface area contributed by atoms with Crippen molar-refractivity contribution in [3.8, 4) is 0 Å². The van der Waals surface area contributed by atoms with E-state index in [2.05, 4.69) is 20.5 Å². The van der Waals surface area contributed by atoms with Crippen molar-refractivity contribution in [2.45, 2.75) is 37.6 Å². The number of nitrogens with zero attached hydrogens (tertiary/aromatic N) is 3. The van der Waals surface area contributed by atoms with Crippen LogP contribution in [0.1, 0.15) is 25.5 Å². The van der Waals surface area contributed by atoms with Gasteiger partial charge in [-0.05, 0) is 63.2 Å². The fraction of sp³-hybridized carbons (Fsp3) is 0.385. The highest BCUT2D eigenvalue weighted by atomic mass is 35.5. The van der Waals surface area contributed by atoms with E-state index in [9.17, 15) is 13.2 Å². The number of hydrogen-bond donors (Lipinski definition) is 2. The van der Waals surface area contributed by atoms with Gasteiger partial charge in [-0.15, -0.1) is 0 Å². The number of amides is 2. The van der Waals surface area contributed by atoms with Gasteiger partial charge in [0.1, 0.15) is 0 Å². The highest BCUT2D eigenvalue weighted by Gasteiger charge is 2.33. The molecule has 0 atom stereocenters. The van der Waals surface area contributed by atoms with E-state index in [1.807, 2.05) is 44.2 Å². The van der Waals surface area contributed by atoms with Gasteiger partial charge in [-0.2, -0.15) is 4.31 Å². The molecule has 3 aromatic rings. The normalized spacial score (nSPS) is 15.3. The second-order valence-electron chi connectivity index (χ2n) is 9.07. The van der Waals surface area contributed by atoms with Crippen LogP contribution in [0.25, 0.3) is 10.9 Å². The lowest BCUT2D eigenvalue weighted by atomic mass is 10.1. The number of pyridine rings is 1. The average Bonchev–Trinajstić information content (AvgIpc) is 2.86. The Morgan fingerprint density at radius 2 is 1.84 bits per heavy atom. The van der Waals surface area contributed by atoms with Crippen LogP contribution in [-0.4, -0.2) is 67.4 Å². The Morgan fingerprint density at radius 1 is 1.11 bits per heavy atom. The van der Waals surface area contributed by atoms with Crippen molar-refractivity contribution in [2.75, 3.05) is 38.0 Å². The minimum Gasteiger partial charge on any atom is -0.337 e. The summed E-state index contributed by atoms with van der Waals surface area (Å²) in [4.78, 5) is 19.4. The Balaban J connectivity index is 1.27. The van der Waals surface area contributed by atoms with E-state index in [-0.39, 0.29) is 22.0 Å². The fourth-order valence-corrected chi connectivity index (χ4v) is 6.82. The minimum absolute atomic E-state index is 0.0971. The van der Waals surface area contributed by atoms with Gasteiger partial charge in [0.15, 0.2) is 0 Å². The molecule has 8 nitrogen and oxygen atoms in total. The van der Waals surface area contributed by atoms with E-state index < -0.39 is 10.0 Å². The number of carbonyl (C=O) groups is 1. The number of carbonyl (C=O) groups excluding carboxylic acids is 1. The number of rotatable bonds is 8. The van der Waals surface area contributed by atoms with Gasteiger partial charge in [0.2, 0.25) is 10.0 Å². The van der Waals surface area contributed by atoms with Crippen molar-refractivity contribution in [1.82, 2.24) is 19.5 Å². The number of nitrogens with one attached hydrogen (secondary N) is 2. The predicted octanol–water partition coefficient (Wildman–Crippen LogP) is 5.15. The molecule has 198 valence electrons. The van der Waals surface area contributed by atoms with Gasteiger partial charge in [-0.25, -0.2) is 13.2 Å². The molecule has 1 aliphatic heterocycles. The third-order valence-corrected chi connectivity index (χ3v) is 9.34. The lowest BCUT2D eigenvalue weighted by Crippen LogP contribution is -2.48. The summed E-state index contributed by atoms with van der Waals surface area (Å²) in [5.74, 6) is 0. The highest BCUT2D eigenvalue weighted by molar-refractivity contribution is 7.89. The van der Waals surface area contributed by atoms with Gasteiger partial charge < -0.3 is 15.5 Å². The van der Waals surface area contributed by atoms with Crippen molar-refractivity contribution in [3.63, 3.8) is 0 Å². The number of para-hydroxylation sites is 1. The maximum Gasteiger partial charge on any atom is 0.319 e. The molecule has 1 aliphatic rings. The van der Waals surface area contributed by atoms with Gasteiger partial charge in [0, 0.05) is 36.8 Å². The van der Waals surface area contributed by atoms with Crippen LogP contribution in [-0.2, 0) is 10.0 Å². The summed E-state index contributed by atoms with van der Waals surface area (Å²) in [6.45, 7) is 6.77. The number of benzene rings is 2. The summed E-state index contributed by atoms with van der Waals surface area (Å²) < 4.78 is 28.1. The van der Waals surface area contributed by atoms with Crippen LogP contribution < -0.4 is 10.6 Å². The van der Waals surface area contributed by atoms with E-state index in [0.717, 1.165) is 35.4 Å². The van der Waals surface area contributed by atoms with Crippen LogP contribution in [0.5, 0.6) is 0 Å². The largest absolute Gasteiger partial charge is 0.337 e. The van der Waals surface area contributed by atoms with Gasteiger partial charge in [-0.1, -0.05) is 48.3 Å². The SMILES string of the molecule is CCN(C1CCN(CCNC(=O)Nc2cc(C)nc3ccccc23)CC1)S(=O)(=O)c1ccc(Cl)c(Cl)c1. The second kappa shape index (κ2) is 12.0. The molecule has 0 spiro atoms. The Hall–Kier alpha value is -2.43. The first kappa shape index (κ1) is 27.6. The second-order valence-corrected chi connectivity index (χ2v) is 11.8. The van der Waals surface area contributed by atoms with Gasteiger partial charge in [0.05, 0.1) is 26.1 Å². The van der Waals surface area contributed by atoms with Crippen LogP contribution in [0.3, 0.4) is 0 Å². The van der Waals surface area contributed by atoms with Crippen molar-refractivity contribution >= 4 is 55.8 Å². The monoisotopic (exact) mass is 563 g/mol. The topological polar surface area (TPSA) is 94.6 Å². The van der Waals surface area contributed by atoms with Crippen molar-refractivity contribution in [2.24, 2.45) is 0 Å². The first-order valence-electron chi connectivity index (χ1n) is 12.3. The van der Waals surface area contributed by atoms with E-state index in [1.165, 1.54) is 18.2 Å². The molecule has 0 bridgehead atoms. The molecule has 0 radical (unpaired) electrons. The van der Waals surface area contributed by atoms with Crippen LogP contribution in [0, 0.1) is 6.92 Å². The number of fused-ring (bicyclic) bond motifs is 1. The Morgan fingerprint density at radius 3 is 2.54 bits per heavy atom. The van der Waals surface area contributed by atoms with Crippen LogP contribution >= 0.6 is 23.2 Å². The first-order chi connectivity index (χ1) is 17.7. The number of piperidine rings is 1. The average molecular weight is 565 g/mol. The summed E-state index contributed by atoms with van der Waals surface area (Å²) in [6.07, 6.45) is 1.42. The molecule has 1 saturated heterocycles. The predicted molar refractivity (Wildman–Crippen MR) is 149 cm³/mol. The third kappa shape index (κ3) is 6.53. The van der Waals surface area contributed by atoms with E-state index in [1.54, 1.807) is 4.31 Å². The van der Waals surface area contributed by atoms with E-state index in [0.29, 0.717) is 37.5 Å². The summed E-state index contributed by atoms with van der Waals surface area (Å²) in [7, 11) is -3.68. The van der Waals surface area contributed by atoms with Crippen molar-refractivity contribution < 1.29 is 13.2 Å². The molecule has 11 heteroatoms. The van der Waals surface area contributed by atoms with Gasteiger partial charge in [-0.3, -0.25) is 4.98 Å². The lowest BCUT2D eigenvalue weighted by Gasteiger charge is -2.37. The maximum atomic E-state index is 13.3. The number of halogens is 2.